The maximum atomic E-state index is 13.2. The number of halogens is 2. The van der Waals surface area contributed by atoms with Gasteiger partial charge in [-0.2, -0.15) is 0 Å². The molecule has 1 N–H and O–H groups in total. The Hall–Kier alpha value is -2.44. The molecule has 3 rings (SSSR count). The molecule has 0 spiro atoms. The molecule has 1 aliphatic rings. The Morgan fingerprint density at radius 2 is 2.20 bits per heavy atom. The van der Waals surface area contributed by atoms with Crippen LogP contribution in [-0.4, -0.2) is 40.1 Å². The van der Waals surface area contributed by atoms with Crippen LogP contribution in [-0.2, 0) is 6.42 Å². The van der Waals surface area contributed by atoms with Crippen molar-refractivity contribution >= 4 is 6.03 Å². The Kier molecular flexibility index (Phi) is 5.31. The number of hydrogen-bond acceptors (Lipinski definition) is 2. The van der Waals surface area contributed by atoms with Crippen LogP contribution in [0.4, 0.5) is 13.6 Å². The van der Waals surface area contributed by atoms with E-state index in [0.717, 1.165) is 12.5 Å². The fourth-order valence-electron chi connectivity index (χ4n) is 3.21. The monoisotopic (exact) mass is 348 g/mol. The fourth-order valence-corrected chi connectivity index (χ4v) is 3.21. The Balaban J connectivity index is 1.51. The second-order valence-corrected chi connectivity index (χ2v) is 6.52. The predicted octanol–water partition coefficient (Wildman–Crippen LogP) is 3.00. The molecule has 1 aliphatic heterocycles. The second-order valence-electron chi connectivity index (χ2n) is 6.52. The van der Waals surface area contributed by atoms with Gasteiger partial charge in [-0.3, -0.25) is 0 Å². The molecule has 0 saturated carbocycles. The maximum Gasteiger partial charge on any atom is 0.317 e. The van der Waals surface area contributed by atoms with E-state index in [9.17, 15) is 13.6 Å². The maximum absolute atomic E-state index is 13.2. The number of likely N-dealkylation sites (tertiary alicyclic amines) is 1. The third-order valence-corrected chi connectivity index (χ3v) is 4.79. The van der Waals surface area contributed by atoms with Gasteiger partial charge in [0.05, 0.1) is 12.4 Å². The highest BCUT2D eigenvalue weighted by Gasteiger charge is 2.29. The zero-order valence-corrected chi connectivity index (χ0v) is 14.2. The van der Waals surface area contributed by atoms with Gasteiger partial charge in [-0.05, 0) is 36.5 Å². The Morgan fingerprint density at radius 1 is 1.36 bits per heavy atom. The van der Waals surface area contributed by atoms with E-state index < -0.39 is 11.6 Å². The van der Waals surface area contributed by atoms with Crippen LogP contribution in [0.2, 0.25) is 0 Å². The number of nitrogens with zero attached hydrogens (tertiary/aromatic N) is 3. The van der Waals surface area contributed by atoms with Crippen LogP contribution in [0.3, 0.4) is 0 Å². The quantitative estimate of drug-likeness (QED) is 0.923. The van der Waals surface area contributed by atoms with Crippen LogP contribution < -0.4 is 5.32 Å². The lowest BCUT2D eigenvalue weighted by atomic mass is 9.93. The van der Waals surface area contributed by atoms with Crippen molar-refractivity contribution in [3.05, 3.63) is 54.1 Å². The van der Waals surface area contributed by atoms with Crippen LogP contribution in [0.5, 0.6) is 0 Å². The third-order valence-electron chi connectivity index (χ3n) is 4.79. The fraction of sp³-hybridized carbons (Fsp3) is 0.444. The standard InChI is InChI=1S/C18H22F2N4O/c1-13-5-8-23(11-17(13)24-9-7-21-12-24)18(25)22-6-4-14-2-3-15(19)16(20)10-14/h2-3,7,9-10,12-13,17H,4-6,8,11H2,1H3,(H,22,25)/t13-,17+/m0/s1. The lowest BCUT2D eigenvalue weighted by molar-refractivity contribution is 0.140. The molecule has 25 heavy (non-hydrogen) atoms. The molecule has 0 bridgehead atoms. The number of hydrogen-bond donors (Lipinski definition) is 1. The lowest BCUT2D eigenvalue weighted by Crippen LogP contribution is -2.48. The van der Waals surface area contributed by atoms with E-state index in [2.05, 4.69) is 17.2 Å². The average Bonchev–Trinajstić information content (AvgIpc) is 3.12. The molecule has 2 heterocycles. The van der Waals surface area contributed by atoms with Gasteiger partial charge < -0.3 is 14.8 Å². The van der Waals surface area contributed by atoms with E-state index in [4.69, 9.17) is 0 Å². The van der Waals surface area contributed by atoms with Gasteiger partial charge >= 0.3 is 6.03 Å². The van der Waals surface area contributed by atoms with Crippen LogP contribution in [0, 0.1) is 17.6 Å². The molecule has 1 fully saturated rings. The van der Waals surface area contributed by atoms with Crippen molar-refractivity contribution in [1.82, 2.24) is 19.8 Å². The normalized spacial score (nSPS) is 20.5. The van der Waals surface area contributed by atoms with Crippen LogP contribution >= 0.6 is 0 Å². The largest absolute Gasteiger partial charge is 0.338 e. The molecule has 1 aromatic heterocycles. The number of amides is 2. The van der Waals surface area contributed by atoms with Crippen molar-refractivity contribution in [2.75, 3.05) is 19.6 Å². The van der Waals surface area contributed by atoms with Gasteiger partial charge in [-0.1, -0.05) is 13.0 Å². The number of aromatic nitrogens is 2. The lowest BCUT2D eigenvalue weighted by Gasteiger charge is -2.37. The van der Waals surface area contributed by atoms with Crippen molar-refractivity contribution in [3.63, 3.8) is 0 Å². The van der Waals surface area contributed by atoms with Crippen molar-refractivity contribution in [3.8, 4) is 0 Å². The molecule has 0 unspecified atom stereocenters. The second kappa shape index (κ2) is 7.63. The molecule has 5 nitrogen and oxygen atoms in total. The van der Waals surface area contributed by atoms with E-state index in [1.807, 2.05) is 10.8 Å². The van der Waals surface area contributed by atoms with Gasteiger partial charge in [-0.25, -0.2) is 18.6 Å². The van der Waals surface area contributed by atoms with Crippen LogP contribution in [0.25, 0.3) is 0 Å². The van der Waals surface area contributed by atoms with E-state index in [1.165, 1.54) is 12.1 Å². The zero-order chi connectivity index (χ0) is 17.8. The van der Waals surface area contributed by atoms with Crippen molar-refractivity contribution in [2.45, 2.75) is 25.8 Å². The SMILES string of the molecule is C[C@H]1CCN(C(=O)NCCc2ccc(F)c(F)c2)C[C@H]1n1ccnc1. The van der Waals surface area contributed by atoms with Crippen molar-refractivity contribution < 1.29 is 13.6 Å². The molecule has 134 valence electrons. The highest BCUT2D eigenvalue weighted by atomic mass is 19.2. The minimum atomic E-state index is -0.864. The van der Waals surface area contributed by atoms with Gasteiger partial charge in [0.25, 0.3) is 0 Å². The highest BCUT2D eigenvalue weighted by molar-refractivity contribution is 5.74. The molecular formula is C18H22F2N4O. The summed E-state index contributed by atoms with van der Waals surface area (Å²) in [7, 11) is 0. The molecule has 1 aromatic carbocycles. The summed E-state index contributed by atoms with van der Waals surface area (Å²) >= 11 is 0. The first-order valence-electron chi connectivity index (χ1n) is 8.48. The molecule has 2 amide bonds. The van der Waals surface area contributed by atoms with Gasteiger partial charge in [0.1, 0.15) is 0 Å². The minimum Gasteiger partial charge on any atom is -0.338 e. The number of imidazole rings is 1. The summed E-state index contributed by atoms with van der Waals surface area (Å²) in [5.74, 6) is -1.25. The smallest absolute Gasteiger partial charge is 0.317 e. The summed E-state index contributed by atoms with van der Waals surface area (Å²) in [5, 5.41) is 2.86. The molecular weight excluding hydrogens is 326 g/mol. The minimum absolute atomic E-state index is 0.125. The van der Waals surface area contributed by atoms with Crippen LogP contribution in [0.15, 0.2) is 36.9 Å². The van der Waals surface area contributed by atoms with Crippen molar-refractivity contribution in [2.24, 2.45) is 5.92 Å². The van der Waals surface area contributed by atoms with E-state index in [0.29, 0.717) is 37.5 Å². The summed E-state index contributed by atoms with van der Waals surface area (Å²) in [5.41, 5.74) is 0.655. The first-order valence-corrected chi connectivity index (χ1v) is 8.48. The van der Waals surface area contributed by atoms with E-state index in [1.54, 1.807) is 17.4 Å². The van der Waals surface area contributed by atoms with Gasteiger partial charge in [0, 0.05) is 32.0 Å². The summed E-state index contributed by atoms with van der Waals surface area (Å²) in [6.07, 6.45) is 6.84. The Labute approximate surface area is 145 Å². The molecule has 2 atom stereocenters. The predicted molar refractivity (Wildman–Crippen MR) is 90.1 cm³/mol. The summed E-state index contributed by atoms with van der Waals surface area (Å²) in [6, 6.07) is 3.89. The molecule has 1 saturated heterocycles. The first kappa shape index (κ1) is 17.4. The van der Waals surface area contributed by atoms with Gasteiger partial charge in [-0.15, -0.1) is 0 Å². The number of carbonyl (C=O) groups excluding carboxylic acids is 1. The highest BCUT2D eigenvalue weighted by Crippen LogP contribution is 2.27. The first-order chi connectivity index (χ1) is 12.0. The number of piperidine rings is 1. The van der Waals surface area contributed by atoms with Gasteiger partial charge in [0.15, 0.2) is 11.6 Å². The molecule has 0 aliphatic carbocycles. The number of carbonyl (C=O) groups is 1. The zero-order valence-electron chi connectivity index (χ0n) is 14.2. The summed E-state index contributed by atoms with van der Waals surface area (Å²) in [4.78, 5) is 18.3. The Bertz CT molecular complexity index is 720. The van der Waals surface area contributed by atoms with E-state index >= 15 is 0 Å². The number of rotatable bonds is 4. The molecule has 2 aromatic rings. The van der Waals surface area contributed by atoms with Gasteiger partial charge in [0.2, 0.25) is 0 Å². The summed E-state index contributed by atoms with van der Waals surface area (Å²) in [6.45, 7) is 3.91. The van der Waals surface area contributed by atoms with Crippen LogP contribution in [0.1, 0.15) is 24.9 Å². The molecule has 7 heteroatoms. The number of benzene rings is 1. The summed E-state index contributed by atoms with van der Waals surface area (Å²) < 4.78 is 28.2. The van der Waals surface area contributed by atoms with Crippen molar-refractivity contribution in [1.29, 1.82) is 0 Å². The third kappa shape index (κ3) is 4.15. The van der Waals surface area contributed by atoms with E-state index in [-0.39, 0.29) is 12.1 Å². The topological polar surface area (TPSA) is 50.2 Å². The Morgan fingerprint density at radius 3 is 2.92 bits per heavy atom. The molecule has 0 radical (unpaired) electrons. The average molecular weight is 348 g/mol. The number of nitrogens with one attached hydrogen (secondary N) is 1. The number of urea groups is 1.